The summed E-state index contributed by atoms with van der Waals surface area (Å²) in [4.78, 5) is 0. The van der Waals surface area contributed by atoms with Crippen molar-refractivity contribution in [2.24, 2.45) is 5.73 Å². The normalized spacial score (nSPS) is 12.7. The van der Waals surface area contributed by atoms with Crippen LogP contribution in [0.4, 0.5) is 4.39 Å². The van der Waals surface area contributed by atoms with E-state index in [-0.39, 0.29) is 11.9 Å². The number of nitrogens with two attached hydrogens (primary N) is 1. The number of nitrogens with zero attached hydrogens (tertiary/aromatic N) is 2. The van der Waals surface area contributed by atoms with Crippen LogP contribution in [0.25, 0.3) is 0 Å². The number of halogens is 1. The van der Waals surface area contributed by atoms with Gasteiger partial charge in [0.25, 0.3) is 0 Å². The molecule has 2 N–H and O–H groups in total. The van der Waals surface area contributed by atoms with E-state index in [0.717, 1.165) is 29.7 Å². The molecule has 1 aromatic heterocycles. The molecule has 0 spiro atoms. The molecule has 0 saturated heterocycles. The molecule has 0 aliphatic carbocycles. The van der Waals surface area contributed by atoms with Gasteiger partial charge in [0.15, 0.2) is 0 Å². The maximum atomic E-state index is 13.4. The van der Waals surface area contributed by atoms with Crippen LogP contribution >= 0.6 is 0 Å². The van der Waals surface area contributed by atoms with Gasteiger partial charge in [0, 0.05) is 18.3 Å². The number of benzene rings is 1. The van der Waals surface area contributed by atoms with Crippen molar-refractivity contribution in [1.82, 2.24) is 9.78 Å². The average Bonchev–Trinajstić information content (AvgIpc) is 2.76. The van der Waals surface area contributed by atoms with E-state index >= 15 is 0 Å². The molecule has 18 heavy (non-hydrogen) atoms. The Morgan fingerprint density at radius 2 is 2.11 bits per heavy atom. The zero-order chi connectivity index (χ0) is 13.1. The fraction of sp³-hybridized carbons (Fsp3) is 0.357. The van der Waals surface area contributed by atoms with Crippen molar-refractivity contribution in [3.8, 4) is 0 Å². The van der Waals surface area contributed by atoms with Crippen LogP contribution in [0.5, 0.6) is 0 Å². The molecule has 1 aromatic carbocycles. The fourth-order valence-electron chi connectivity index (χ4n) is 2.03. The van der Waals surface area contributed by atoms with Crippen molar-refractivity contribution in [3.05, 3.63) is 53.1 Å². The largest absolute Gasteiger partial charge is 0.320 e. The molecule has 1 heterocycles. The molecule has 0 amide bonds. The summed E-state index contributed by atoms with van der Waals surface area (Å²) in [5, 5.41) is 4.24. The third kappa shape index (κ3) is 2.76. The molecule has 0 saturated carbocycles. The molecule has 1 atom stereocenters. The number of aromatic nitrogens is 2. The van der Waals surface area contributed by atoms with E-state index in [9.17, 15) is 4.39 Å². The van der Waals surface area contributed by atoms with Crippen LogP contribution in [0, 0.1) is 12.7 Å². The van der Waals surface area contributed by atoms with Gasteiger partial charge in [-0.25, -0.2) is 4.39 Å². The maximum Gasteiger partial charge on any atom is 0.123 e. The van der Waals surface area contributed by atoms with Crippen molar-refractivity contribution in [3.63, 3.8) is 0 Å². The highest BCUT2D eigenvalue weighted by molar-refractivity contribution is 5.32. The van der Waals surface area contributed by atoms with Crippen LogP contribution in [-0.2, 0) is 6.54 Å². The van der Waals surface area contributed by atoms with Crippen LogP contribution in [0.1, 0.15) is 36.1 Å². The van der Waals surface area contributed by atoms with Gasteiger partial charge in [-0.1, -0.05) is 13.0 Å². The first-order valence-corrected chi connectivity index (χ1v) is 6.15. The first kappa shape index (κ1) is 12.8. The summed E-state index contributed by atoms with van der Waals surface area (Å²) >= 11 is 0. The van der Waals surface area contributed by atoms with Gasteiger partial charge in [-0.05, 0) is 36.6 Å². The fourth-order valence-corrected chi connectivity index (χ4v) is 2.03. The van der Waals surface area contributed by atoms with Crippen molar-refractivity contribution in [2.75, 3.05) is 0 Å². The molecule has 0 bridgehead atoms. The second-order valence-corrected chi connectivity index (χ2v) is 4.58. The molecule has 4 heteroatoms. The first-order valence-electron chi connectivity index (χ1n) is 6.15. The maximum absolute atomic E-state index is 13.4. The Bertz CT molecular complexity index is 513. The monoisotopic (exact) mass is 247 g/mol. The molecule has 96 valence electrons. The lowest BCUT2D eigenvalue weighted by Gasteiger charge is -2.11. The minimum atomic E-state index is -0.329. The second kappa shape index (κ2) is 5.31. The highest BCUT2D eigenvalue weighted by Gasteiger charge is 2.12. The molecular weight excluding hydrogens is 229 g/mol. The molecular formula is C14H18FN3. The minimum Gasteiger partial charge on any atom is -0.320 e. The first-order chi connectivity index (χ1) is 8.60. The summed E-state index contributed by atoms with van der Waals surface area (Å²) in [7, 11) is 0. The van der Waals surface area contributed by atoms with E-state index in [2.05, 4.69) is 12.0 Å². The molecule has 1 unspecified atom stereocenters. The molecule has 0 aliphatic heterocycles. The third-order valence-electron chi connectivity index (χ3n) is 2.89. The smallest absolute Gasteiger partial charge is 0.123 e. The van der Waals surface area contributed by atoms with Gasteiger partial charge in [-0.15, -0.1) is 0 Å². The van der Waals surface area contributed by atoms with Crippen molar-refractivity contribution >= 4 is 0 Å². The standard InChI is InChI=1S/C14H18FN3/c1-3-4-18-9-12(8-17-18)14(16)11-5-10(2)6-13(15)7-11/h5-9,14H,3-4,16H2,1-2H3. The molecule has 0 aliphatic rings. The molecule has 2 rings (SSSR count). The van der Waals surface area contributed by atoms with Crippen molar-refractivity contribution in [2.45, 2.75) is 32.9 Å². The summed E-state index contributed by atoms with van der Waals surface area (Å²) < 4.78 is 15.2. The van der Waals surface area contributed by atoms with Gasteiger partial charge < -0.3 is 5.73 Å². The van der Waals surface area contributed by atoms with Crippen molar-refractivity contribution < 1.29 is 4.39 Å². The molecule has 3 nitrogen and oxygen atoms in total. The van der Waals surface area contributed by atoms with E-state index < -0.39 is 0 Å². The quantitative estimate of drug-likeness (QED) is 0.902. The van der Waals surface area contributed by atoms with Crippen LogP contribution in [-0.4, -0.2) is 9.78 Å². The zero-order valence-electron chi connectivity index (χ0n) is 10.7. The predicted molar refractivity (Wildman–Crippen MR) is 69.7 cm³/mol. The van der Waals surface area contributed by atoms with E-state index in [1.165, 1.54) is 12.1 Å². The van der Waals surface area contributed by atoms with Gasteiger partial charge in [-0.2, -0.15) is 5.10 Å². The Hall–Kier alpha value is -1.68. The summed E-state index contributed by atoms with van der Waals surface area (Å²) in [5.74, 6) is -0.249. The van der Waals surface area contributed by atoms with Crippen molar-refractivity contribution in [1.29, 1.82) is 0 Å². The van der Waals surface area contributed by atoms with Gasteiger partial charge in [0.1, 0.15) is 5.82 Å². The lowest BCUT2D eigenvalue weighted by Crippen LogP contribution is -2.11. The Morgan fingerprint density at radius 3 is 2.78 bits per heavy atom. The Morgan fingerprint density at radius 1 is 1.33 bits per heavy atom. The van der Waals surface area contributed by atoms with Gasteiger partial charge in [0.05, 0.1) is 12.2 Å². The minimum absolute atomic E-state index is 0.249. The zero-order valence-corrected chi connectivity index (χ0v) is 10.7. The Labute approximate surface area is 106 Å². The lowest BCUT2D eigenvalue weighted by molar-refractivity contribution is 0.601. The van der Waals surface area contributed by atoms with E-state index in [1.807, 2.05) is 23.9 Å². The predicted octanol–water partition coefficient (Wildman–Crippen LogP) is 2.79. The van der Waals surface area contributed by atoms with E-state index in [1.54, 1.807) is 6.20 Å². The van der Waals surface area contributed by atoms with Crippen LogP contribution in [0.2, 0.25) is 0 Å². The van der Waals surface area contributed by atoms with E-state index in [4.69, 9.17) is 5.73 Å². The topological polar surface area (TPSA) is 43.8 Å². The van der Waals surface area contributed by atoms with Crippen LogP contribution < -0.4 is 5.73 Å². The average molecular weight is 247 g/mol. The molecule has 2 aromatic rings. The van der Waals surface area contributed by atoms with Gasteiger partial charge in [-0.3, -0.25) is 4.68 Å². The van der Waals surface area contributed by atoms with Gasteiger partial charge in [0.2, 0.25) is 0 Å². The van der Waals surface area contributed by atoms with Crippen LogP contribution in [0.15, 0.2) is 30.6 Å². The SMILES string of the molecule is CCCn1cc(C(N)c2cc(C)cc(F)c2)cn1. The highest BCUT2D eigenvalue weighted by atomic mass is 19.1. The summed E-state index contributed by atoms with van der Waals surface area (Å²) in [6, 6.07) is 4.56. The highest BCUT2D eigenvalue weighted by Crippen LogP contribution is 2.21. The lowest BCUT2D eigenvalue weighted by atomic mass is 10.0. The Balaban J connectivity index is 2.26. The molecule has 0 radical (unpaired) electrons. The molecule has 0 fully saturated rings. The number of hydrogen-bond acceptors (Lipinski definition) is 2. The van der Waals surface area contributed by atoms with Crippen LogP contribution in [0.3, 0.4) is 0 Å². The van der Waals surface area contributed by atoms with Gasteiger partial charge >= 0.3 is 0 Å². The second-order valence-electron chi connectivity index (χ2n) is 4.58. The third-order valence-corrected chi connectivity index (χ3v) is 2.89. The summed E-state index contributed by atoms with van der Waals surface area (Å²) in [5.41, 5.74) is 8.71. The number of hydrogen-bond donors (Lipinski definition) is 1. The number of aryl methyl sites for hydroxylation is 2. The van der Waals surface area contributed by atoms with E-state index in [0.29, 0.717) is 0 Å². The number of rotatable bonds is 4. The summed E-state index contributed by atoms with van der Waals surface area (Å²) in [6.45, 7) is 4.83. The summed E-state index contributed by atoms with van der Waals surface area (Å²) in [6.07, 6.45) is 4.70. The Kier molecular flexibility index (Phi) is 3.77.